The summed E-state index contributed by atoms with van der Waals surface area (Å²) in [6.07, 6.45) is -0.429. The molecule has 1 aromatic rings. The smallest absolute Gasteiger partial charge is 0.444 e. The maximum Gasteiger partial charge on any atom is 0.497 e. The van der Waals surface area contributed by atoms with Gasteiger partial charge in [-0.2, -0.15) is 0 Å². The summed E-state index contributed by atoms with van der Waals surface area (Å²) in [7, 11) is -0.779. The second-order valence-electron chi connectivity index (χ2n) is 9.63. The number of hydrogen-bond donors (Lipinski definition) is 0. The fourth-order valence-electron chi connectivity index (χ4n) is 3.33. The van der Waals surface area contributed by atoms with Crippen LogP contribution in [0.5, 0.6) is 0 Å². The molecule has 0 bridgehead atoms. The van der Waals surface area contributed by atoms with Crippen LogP contribution < -0.4 is 5.46 Å². The van der Waals surface area contributed by atoms with Crippen molar-refractivity contribution in [2.24, 2.45) is 0 Å². The lowest BCUT2D eigenvalue weighted by Crippen LogP contribution is -2.46. The highest BCUT2D eigenvalue weighted by molar-refractivity contribution is 6.62. The number of morpholine rings is 1. The maximum atomic E-state index is 15.0. The summed E-state index contributed by atoms with van der Waals surface area (Å²) in [6.45, 7) is 14.3. The molecule has 1 unspecified atom stereocenters. The number of amides is 1. The van der Waals surface area contributed by atoms with Crippen molar-refractivity contribution in [3.05, 3.63) is 29.6 Å². The zero-order chi connectivity index (χ0) is 21.6. The summed E-state index contributed by atoms with van der Waals surface area (Å²) in [5.41, 5.74) is -0.714. The van der Waals surface area contributed by atoms with Gasteiger partial charge in [0.2, 0.25) is 0 Å². The van der Waals surface area contributed by atoms with Gasteiger partial charge < -0.3 is 18.8 Å². The molecule has 0 radical (unpaired) electrons. The van der Waals surface area contributed by atoms with E-state index in [0.717, 1.165) is 0 Å². The quantitative estimate of drug-likeness (QED) is 0.704. The molecular weight excluding hydrogens is 376 g/mol. The Labute approximate surface area is 172 Å². The minimum atomic E-state index is -0.779. The average Bonchev–Trinajstić information content (AvgIpc) is 2.80. The van der Waals surface area contributed by atoms with Gasteiger partial charge in [-0.1, -0.05) is 12.1 Å². The molecule has 6 nitrogen and oxygen atoms in total. The van der Waals surface area contributed by atoms with Crippen molar-refractivity contribution in [1.82, 2.24) is 4.90 Å². The van der Waals surface area contributed by atoms with E-state index in [9.17, 15) is 4.79 Å². The van der Waals surface area contributed by atoms with E-state index in [2.05, 4.69) is 0 Å². The molecule has 3 rings (SSSR count). The van der Waals surface area contributed by atoms with Crippen molar-refractivity contribution in [1.29, 1.82) is 0 Å². The molecule has 160 valence electrons. The van der Waals surface area contributed by atoms with Crippen molar-refractivity contribution < 1.29 is 28.0 Å². The Balaban J connectivity index is 1.82. The largest absolute Gasteiger partial charge is 0.497 e. The summed E-state index contributed by atoms with van der Waals surface area (Å²) in [5.74, 6) is -0.435. The van der Waals surface area contributed by atoms with E-state index in [4.69, 9.17) is 18.8 Å². The van der Waals surface area contributed by atoms with Gasteiger partial charge in [-0.15, -0.1) is 0 Å². The number of rotatable bonds is 2. The zero-order valence-corrected chi connectivity index (χ0v) is 18.4. The monoisotopic (exact) mass is 407 g/mol. The van der Waals surface area contributed by atoms with Crippen LogP contribution in [0.15, 0.2) is 18.2 Å². The topological polar surface area (TPSA) is 57.2 Å². The molecular formula is C21H31BFNO5. The first-order valence-electron chi connectivity index (χ1n) is 10.0. The molecule has 0 aliphatic carbocycles. The number of ether oxygens (including phenoxy) is 2. The molecule has 1 aromatic carbocycles. The highest BCUT2D eigenvalue weighted by atomic mass is 19.1. The highest BCUT2D eigenvalue weighted by Crippen LogP contribution is 2.37. The van der Waals surface area contributed by atoms with E-state index in [-0.39, 0.29) is 6.61 Å². The zero-order valence-electron chi connectivity index (χ0n) is 18.4. The minimum absolute atomic E-state index is 0.286. The Kier molecular flexibility index (Phi) is 5.75. The number of carbonyl (C=O) groups is 1. The van der Waals surface area contributed by atoms with E-state index in [0.29, 0.717) is 24.2 Å². The van der Waals surface area contributed by atoms with Crippen molar-refractivity contribution >= 4 is 18.7 Å². The average molecular weight is 407 g/mol. The van der Waals surface area contributed by atoms with Crippen LogP contribution in [0.1, 0.15) is 60.1 Å². The Hall–Kier alpha value is -1.64. The lowest BCUT2D eigenvalue weighted by atomic mass is 9.78. The van der Waals surface area contributed by atoms with Gasteiger partial charge >= 0.3 is 13.2 Å². The first kappa shape index (κ1) is 22.1. The fourth-order valence-corrected chi connectivity index (χ4v) is 3.33. The van der Waals surface area contributed by atoms with Crippen LogP contribution in [-0.2, 0) is 18.8 Å². The third-order valence-electron chi connectivity index (χ3n) is 5.67. The number of carbonyl (C=O) groups excluding carboxylic acids is 1. The molecule has 29 heavy (non-hydrogen) atoms. The molecule has 2 aliphatic heterocycles. The molecule has 2 fully saturated rings. The van der Waals surface area contributed by atoms with E-state index in [1.54, 1.807) is 17.0 Å². The van der Waals surface area contributed by atoms with Gasteiger partial charge in [0, 0.05) is 12.0 Å². The predicted molar refractivity (Wildman–Crippen MR) is 109 cm³/mol. The van der Waals surface area contributed by atoms with Gasteiger partial charge in [0.1, 0.15) is 11.4 Å². The van der Waals surface area contributed by atoms with E-state index in [1.807, 2.05) is 48.5 Å². The first-order valence-corrected chi connectivity index (χ1v) is 10.0. The van der Waals surface area contributed by atoms with E-state index in [1.165, 1.54) is 6.07 Å². The van der Waals surface area contributed by atoms with Crippen LogP contribution in [0, 0.1) is 5.82 Å². The second-order valence-corrected chi connectivity index (χ2v) is 9.63. The summed E-state index contributed by atoms with van der Waals surface area (Å²) in [5, 5.41) is 0. The molecule has 0 spiro atoms. The Morgan fingerprint density at radius 1 is 1.21 bits per heavy atom. The molecule has 1 amide bonds. The normalized spacial score (nSPS) is 23.9. The summed E-state index contributed by atoms with van der Waals surface area (Å²) >= 11 is 0. The third-order valence-corrected chi connectivity index (χ3v) is 5.67. The summed E-state index contributed by atoms with van der Waals surface area (Å²) < 4.78 is 38.0. The molecule has 0 aromatic heterocycles. The Morgan fingerprint density at radius 2 is 1.83 bits per heavy atom. The van der Waals surface area contributed by atoms with Gasteiger partial charge in [0.25, 0.3) is 0 Å². The minimum Gasteiger partial charge on any atom is -0.444 e. The van der Waals surface area contributed by atoms with Crippen LogP contribution in [0.4, 0.5) is 9.18 Å². The van der Waals surface area contributed by atoms with Crippen molar-refractivity contribution in [3.8, 4) is 0 Å². The lowest BCUT2D eigenvalue weighted by molar-refractivity contribution is -0.0331. The molecule has 8 heteroatoms. The Morgan fingerprint density at radius 3 is 2.38 bits per heavy atom. The molecule has 0 saturated carbocycles. The molecule has 2 saturated heterocycles. The second kappa shape index (κ2) is 7.56. The fraction of sp³-hybridized carbons (Fsp3) is 0.667. The molecule has 1 atom stereocenters. The van der Waals surface area contributed by atoms with Gasteiger partial charge in [0.05, 0.1) is 30.5 Å². The number of hydrogen-bond acceptors (Lipinski definition) is 5. The van der Waals surface area contributed by atoms with Gasteiger partial charge in [-0.3, -0.25) is 4.90 Å². The molecule has 2 heterocycles. The lowest BCUT2D eigenvalue weighted by Gasteiger charge is -2.37. The van der Waals surface area contributed by atoms with Crippen LogP contribution in [0.2, 0.25) is 0 Å². The number of halogens is 1. The maximum absolute atomic E-state index is 15.0. The molecule has 0 N–H and O–H groups in total. The van der Waals surface area contributed by atoms with Crippen LogP contribution in [-0.4, -0.2) is 54.7 Å². The van der Waals surface area contributed by atoms with E-state index < -0.39 is 41.9 Å². The number of nitrogens with zero attached hydrogens (tertiary/aromatic N) is 1. The summed E-state index contributed by atoms with van der Waals surface area (Å²) in [6, 6.07) is 4.46. The van der Waals surface area contributed by atoms with Gasteiger partial charge in [-0.25, -0.2) is 9.18 Å². The standard InChI is InChI=1S/C21H31BFNO5/c1-19(2,3)27-18(25)24-10-11-26-13-17(24)14-8-9-15(16(23)12-14)22-28-20(4,5)21(6,7)29-22/h8-9,12,17H,10-11,13H2,1-7H3. The molecule has 2 aliphatic rings. The third kappa shape index (κ3) is 4.59. The SMILES string of the molecule is CC(C)(C)OC(=O)N1CCOCC1c1ccc(B2OC(C)(C)C(C)(C)O2)c(F)c1. The van der Waals surface area contributed by atoms with Crippen molar-refractivity contribution in [3.63, 3.8) is 0 Å². The first-order chi connectivity index (χ1) is 13.3. The highest BCUT2D eigenvalue weighted by Gasteiger charge is 2.52. The van der Waals surface area contributed by atoms with Crippen LogP contribution in [0.3, 0.4) is 0 Å². The van der Waals surface area contributed by atoms with Gasteiger partial charge in [0.15, 0.2) is 0 Å². The van der Waals surface area contributed by atoms with Crippen molar-refractivity contribution in [2.75, 3.05) is 19.8 Å². The Bertz CT molecular complexity index is 761. The van der Waals surface area contributed by atoms with Crippen molar-refractivity contribution in [2.45, 2.75) is 71.3 Å². The van der Waals surface area contributed by atoms with Crippen LogP contribution >= 0.6 is 0 Å². The van der Waals surface area contributed by atoms with E-state index >= 15 is 4.39 Å². The van der Waals surface area contributed by atoms with Gasteiger partial charge in [-0.05, 0) is 60.1 Å². The summed E-state index contributed by atoms with van der Waals surface area (Å²) in [4.78, 5) is 14.2. The number of benzene rings is 1. The predicted octanol–water partition coefficient (Wildman–Crippen LogP) is 3.43. The van der Waals surface area contributed by atoms with Crippen LogP contribution in [0.25, 0.3) is 0 Å².